The minimum Gasteiger partial charge on any atom is -0.477 e. The molecule has 1 aliphatic heterocycles. The van der Waals surface area contributed by atoms with Crippen molar-refractivity contribution in [2.75, 3.05) is 45.3 Å². The van der Waals surface area contributed by atoms with Gasteiger partial charge in [0, 0.05) is 33.8 Å². The van der Waals surface area contributed by atoms with Crippen molar-refractivity contribution in [3.8, 4) is 0 Å². The lowest BCUT2D eigenvalue weighted by molar-refractivity contribution is 0.0690. The Morgan fingerprint density at radius 1 is 1.50 bits per heavy atom. The van der Waals surface area contributed by atoms with Gasteiger partial charge in [0.05, 0.1) is 11.9 Å². The van der Waals surface area contributed by atoms with E-state index >= 15 is 0 Å². The Morgan fingerprint density at radius 3 is 2.92 bits per heavy atom. The van der Waals surface area contributed by atoms with E-state index in [9.17, 15) is 13.2 Å². The summed E-state index contributed by atoms with van der Waals surface area (Å²) in [5, 5.41) is 8.51. The van der Waals surface area contributed by atoms with Crippen LogP contribution < -0.4 is 4.90 Å². The molecule has 0 amide bonds. The number of hydrogen-bond acceptors (Lipinski definition) is 6. The molecule has 0 bridgehead atoms. The van der Waals surface area contributed by atoms with Gasteiger partial charge in [0.2, 0.25) is 10.0 Å². The summed E-state index contributed by atoms with van der Waals surface area (Å²) in [7, 11) is -0.350. The van der Waals surface area contributed by atoms with Gasteiger partial charge < -0.3 is 14.7 Å². The summed E-state index contributed by atoms with van der Waals surface area (Å²) in [4.78, 5) is 17.0. The van der Waals surface area contributed by atoms with E-state index < -0.39 is 21.2 Å². The molecule has 2 rings (SSSR count). The normalized spacial score (nSPS) is 18.8. The molecule has 1 saturated heterocycles. The number of piperidine rings is 1. The van der Waals surface area contributed by atoms with Gasteiger partial charge in [-0.3, -0.25) is 0 Å². The molecule has 0 radical (unpaired) electrons. The molecule has 134 valence electrons. The maximum atomic E-state index is 12.7. The van der Waals surface area contributed by atoms with Crippen LogP contribution in [0.2, 0.25) is 0 Å². The molecule has 0 spiro atoms. The van der Waals surface area contributed by atoms with Crippen molar-refractivity contribution >= 4 is 21.8 Å². The molecule has 1 N–H and O–H groups in total. The van der Waals surface area contributed by atoms with Crippen LogP contribution in [0.3, 0.4) is 0 Å². The zero-order chi connectivity index (χ0) is 17.7. The predicted octanol–water partition coefficient (Wildman–Crippen LogP) is 0.657. The van der Waals surface area contributed by atoms with Crippen molar-refractivity contribution in [3.63, 3.8) is 0 Å². The van der Waals surface area contributed by atoms with Crippen molar-refractivity contribution < 1.29 is 23.1 Å². The highest BCUT2D eigenvalue weighted by atomic mass is 32.2. The Hall–Kier alpha value is -1.71. The van der Waals surface area contributed by atoms with Gasteiger partial charge in [0.1, 0.15) is 5.82 Å². The fourth-order valence-electron chi connectivity index (χ4n) is 2.71. The van der Waals surface area contributed by atoms with Crippen LogP contribution in [-0.2, 0) is 14.8 Å². The molecular formula is C15H23N3O5S. The summed E-state index contributed by atoms with van der Waals surface area (Å²) in [6.07, 6.45) is 1.29. The van der Waals surface area contributed by atoms with Crippen molar-refractivity contribution in [2.24, 2.45) is 0 Å². The number of hydrogen-bond donors (Lipinski definition) is 1. The van der Waals surface area contributed by atoms with Gasteiger partial charge in [-0.25, -0.2) is 22.5 Å². The molecule has 24 heavy (non-hydrogen) atoms. The van der Waals surface area contributed by atoms with Crippen molar-refractivity contribution in [1.29, 1.82) is 0 Å². The number of rotatable bonds is 7. The quantitative estimate of drug-likeness (QED) is 0.765. The largest absolute Gasteiger partial charge is 0.477 e. The van der Waals surface area contributed by atoms with Crippen LogP contribution >= 0.6 is 0 Å². The Bertz CT molecular complexity index is 679. The molecular weight excluding hydrogens is 334 g/mol. The summed E-state index contributed by atoms with van der Waals surface area (Å²) >= 11 is 0. The number of carboxylic acids is 1. The number of methoxy groups -OCH3 is 1. The van der Waals surface area contributed by atoms with E-state index in [1.165, 1.54) is 17.5 Å². The number of carboxylic acid groups (broad SMARTS) is 1. The Balaban J connectivity index is 2.14. The second kappa shape index (κ2) is 7.91. The van der Waals surface area contributed by atoms with E-state index in [0.717, 1.165) is 0 Å². The Labute approximate surface area is 142 Å². The number of anilines is 1. The second-order valence-corrected chi connectivity index (χ2v) is 8.08. The van der Waals surface area contributed by atoms with E-state index in [1.54, 1.807) is 19.2 Å². The lowest BCUT2D eigenvalue weighted by Gasteiger charge is -2.35. The van der Waals surface area contributed by atoms with Crippen LogP contribution in [0.5, 0.6) is 0 Å². The molecule has 0 aromatic carbocycles. The van der Waals surface area contributed by atoms with Gasteiger partial charge in [0.15, 0.2) is 5.69 Å². The predicted molar refractivity (Wildman–Crippen MR) is 89.9 cm³/mol. The van der Waals surface area contributed by atoms with Crippen LogP contribution in [0, 0.1) is 0 Å². The zero-order valence-corrected chi connectivity index (χ0v) is 14.7. The standard InChI is InChI=1S/C15H23N3O5S/c1-17(9-10-23-2)24(21,22)12-5-4-8-18(11-12)14-7-3-6-13(16-14)15(19)20/h3,6-7,12H,4-5,8-11H2,1-2H3,(H,19,20). The highest BCUT2D eigenvalue weighted by molar-refractivity contribution is 7.89. The number of sulfonamides is 1. The van der Waals surface area contributed by atoms with Crippen LogP contribution in [0.25, 0.3) is 0 Å². The summed E-state index contributed by atoms with van der Waals surface area (Å²) in [6.45, 7) is 1.61. The van der Waals surface area contributed by atoms with Crippen molar-refractivity contribution in [1.82, 2.24) is 9.29 Å². The number of ether oxygens (including phenoxy) is 1. The van der Waals surface area contributed by atoms with Crippen LogP contribution in [0.15, 0.2) is 18.2 Å². The molecule has 1 atom stereocenters. The molecule has 0 saturated carbocycles. The number of aromatic nitrogens is 1. The molecule has 9 heteroatoms. The van der Waals surface area contributed by atoms with E-state index in [0.29, 0.717) is 44.9 Å². The highest BCUT2D eigenvalue weighted by Crippen LogP contribution is 2.23. The number of aromatic carboxylic acids is 1. The fraction of sp³-hybridized carbons (Fsp3) is 0.600. The first-order valence-electron chi connectivity index (χ1n) is 7.75. The van der Waals surface area contributed by atoms with Crippen LogP contribution in [0.4, 0.5) is 5.82 Å². The summed E-state index contributed by atoms with van der Waals surface area (Å²) in [5.74, 6) is -0.605. The third kappa shape index (κ3) is 4.22. The van der Waals surface area contributed by atoms with Crippen molar-refractivity contribution in [2.45, 2.75) is 18.1 Å². The first-order valence-corrected chi connectivity index (χ1v) is 9.26. The third-order valence-corrected chi connectivity index (χ3v) is 6.40. The second-order valence-electron chi connectivity index (χ2n) is 5.76. The molecule has 1 unspecified atom stereocenters. The first-order chi connectivity index (χ1) is 11.4. The van der Waals surface area contributed by atoms with Gasteiger partial charge in [0.25, 0.3) is 0 Å². The van der Waals surface area contributed by atoms with E-state index in [2.05, 4.69) is 4.98 Å². The molecule has 0 aliphatic carbocycles. The minimum absolute atomic E-state index is 0.0466. The number of nitrogens with zero attached hydrogens (tertiary/aromatic N) is 3. The Kier molecular flexibility index (Phi) is 6.14. The average molecular weight is 357 g/mol. The van der Waals surface area contributed by atoms with Gasteiger partial charge in [-0.1, -0.05) is 6.07 Å². The zero-order valence-electron chi connectivity index (χ0n) is 13.9. The van der Waals surface area contributed by atoms with Crippen LogP contribution in [0.1, 0.15) is 23.3 Å². The maximum Gasteiger partial charge on any atom is 0.354 e. The molecule has 1 aliphatic rings. The minimum atomic E-state index is -3.43. The summed E-state index contributed by atoms with van der Waals surface area (Å²) in [5.41, 5.74) is -0.0466. The SMILES string of the molecule is COCCN(C)S(=O)(=O)C1CCCN(c2cccc(C(=O)O)n2)C1. The fourth-order valence-corrected chi connectivity index (χ4v) is 4.38. The number of likely N-dealkylation sites (N-methyl/N-ethyl adjacent to an activating group) is 1. The lowest BCUT2D eigenvalue weighted by atomic mass is 10.1. The first kappa shape index (κ1) is 18.6. The van der Waals surface area contributed by atoms with Gasteiger partial charge in [-0.15, -0.1) is 0 Å². The topological polar surface area (TPSA) is 100 Å². The monoisotopic (exact) mass is 357 g/mol. The van der Waals surface area contributed by atoms with E-state index in [4.69, 9.17) is 9.84 Å². The molecule has 2 heterocycles. The van der Waals surface area contributed by atoms with Gasteiger partial charge >= 0.3 is 5.97 Å². The van der Waals surface area contributed by atoms with Gasteiger partial charge in [-0.05, 0) is 25.0 Å². The number of pyridine rings is 1. The smallest absolute Gasteiger partial charge is 0.354 e. The molecule has 1 fully saturated rings. The average Bonchev–Trinajstić information content (AvgIpc) is 2.59. The maximum absolute atomic E-state index is 12.7. The molecule has 8 nitrogen and oxygen atoms in total. The lowest BCUT2D eigenvalue weighted by Crippen LogP contribution is -2.47. The van der Waals surface area contributed by atoms with E-state index in [1.807, 2.05) is 4.90 Å². The molecule has 1 aromatic heterocycles. The van der Waals surface area contributed by atoms with Crippen molar-refractivity contribution in [3.05, 3.63) is 23.9 Å². The number of carbonyl (C=O) groups is 1. The Morgan fingerprint density at radius 2 is 2.25 bits per heavy atom. The van der Waals surface area contributed by atoms with Gasteiger partial charge in [-0.2, -0.15) is 0 Å². The highest BCUT2D eigenvalue weighted by Gasteiger charge is 2.34. The third-order valence-electron chi connectivity index (χ3n) is 4.12. The summed E-state index contributed by atoms with van der Waals surface area (Å²) in [6, 6.07) is 4.74. The summed E-state index contributed by atoms with van der Waals surface area (Å²) < 4.78 is 31.6. The molecule has 1 aromatic rings. The van der Waals surface area contributed by atoms with E-state index in [-0.39, 0.29) is 5.69 Å². The van der Waals surface area contributed by atoms with Crippen LogP contribution in [-0.4, -0.2) is 74.4 Å².